The van der Waals surface area contributed by atoms with Gasteiger partial charge in [-0.2, -0.15) is 0 Å². The number of hydrogen-bond acceptors (Lipinski definition) is 3. The van der Waals surface area contributed by atoms with Gasteiger partial charge in [0.05, 0.1) is 12.5 Å². The molecule has 1 aliphatic rings. The molecule has 1 unspecified atom stereocenters. The molecule has 1 aromatic carbocycles. The average Bonchev–Trinajstić information content (AvgIpc) is 2.94. The van der Waals surface area contributed by atoms with Crippen molar-refractivity contribution in [2.24, 2.45) is 5.92 Å². The Balaban J connectivity index is 1.83. The molecule has 0 aliphatic carbocycles. The van der Waals surface area contributed by atoms with Crippen molar-refractivity contribution in [2.75, 3.05) is 6.61 Å². The van der Waals surface area contributed by atoms with Crippen LogP contribution in [0.2, 0.25) is 0 Å². The fourth-order valence-electron chi connectivity index (χ4n) is 2.47. The molecule has 0 saturated carbocycles. The normalized spacial score (nSPS) is 17.6. The highest BCUT2D eigenvalue weighted by Gasteiger charge is 2.28. The second kappa shape index (κ2) is 4.88. The summed E-state index contributed by atoms with van der Waals surface area (Å²) in [5, 5.41) is 0. The van der Waals surface area contributed by atoms with Gasteiger partial charge in [0.2, 0.25) is 5.78 Å². The zero-order valence-electron chi connectivity index (χ0n) is 10.9. The molecule has 3 rings (SSSR count). The molecule has 0 radical (unpaired) electrons. The molecule has 4 heteroatoms. The topological polar surface area (TPSA) is 44.1 Å². The minimum atomic E-state index is -0.136. The van der Waals surface area contributed by atoms with Crippen LogP contribution >= 0.6 is 0 Å². The number of rotatable bonds is 3. The van der Waals surface area contributed by atoms with Gasteiger partial charge in [0.15, 0.2) is 5.82 Å². The van der Waals surface area contributed by atoms with E-state index in [4.69, 9.17) is 4.74 Å². The van der Waals surface area contributed by atoms with Crippen LogP contribution in [0.15, 0.2) is 36.7 Å². The number of aryl methyl sites for hydroxylation is 1. The molecule has 1 aliphatic heterocycles. The van der Waals surface area contributed by atoms with E-state index in [1.165, 1.54) is 0 Å². The molecule has 2 aromatic rings. The highest BCUT2D eigenvalue weighted by atomic mass is 16.5. The van der Waals surface area contributed by atoms with Crippen molar-refractivity contribution in [1.29, 1.82) is 0 Å². The number of fused-ring (bicyclic) bond motifs is 1. The molecule has 0 amide bonds. The number of nitrogens with zero attached hydrogens (tertiary/aromatic N) is 2. The summed E-state index contributed by atoms with van der Waals surface area (Å²) < 4.78 is 7.55. The molecule has 1 aromatic heterocycles. The minimum absolute atomic E-state index is 0.0707. The highest BCUT2D eigenvalue weighted by Crippen LogP contribution is 2.28. The number of ether oxygens (including phenoxy) is 1. The molecule has 0 bridgehead atoms. The summed E-state index contributed by atoms with van der Waals surface area (Å²) in [5.41, 5.74) is 1.10. The molecule has 0 N–H and O–H groups in total. The molecule has 98 valence electrons. The monoisotopic (exact) mass is 256 g/mol. The summed E-state index contributed by atoms with van der Waals surface area (Å²) in [5.74, 6) is 1.37. The second-order valence-electron chi connectivity index (χ2n) is 4.72. The van der Waals surface area contributed by atoms with Crippen LogP contribution in [0.4, 0.5) is 0 Å². The van der Waals surface area contributed by atoms with Crippen LogP contribution in [-0.4, -0.2) is 21.9 Å². The van der Waals surface area contributed by atoms with Crippen molar-refractivity contribution in [3.8, 4) is 5.75 Å². The summed E-state index contributed by atoms with van der Waals surface area (Å²) >= 11 is 0. The lowest BCUT2D eigenvalue weighted by molar-refractivity contribution is 0.0840. The van der Waals surface area contributed by atoms with Gasteiger partial charge in [-0.25, -0.2) is 4.98 Å². The van der Waals surface area contributed by atoms with Crippen LogP contribution in [-0.2, 0) is 13.0 Å². The number of carbonyl (C=O) groups excluding carboxylic acids is 1. The predicted octanol–water partition coefficient (Wildman–Crippen LogP) is 2.34. The average molecular weight is 256 g/mol. The summed E-state index contributed by atoms with van der Waals surface area (Å²) in [4.78, 5) is 16.7. The van der Waals surface area contributed by atoms with Gasteiger partial charge in [0.1, 0.15) is 5.75 Å². The molecule has 0 saturated heterocycles. The fraction of sp³-hybridized carbons (Fsp3) is 0.333. The van der Waals surface area contributed by atoms with Crippen molar-refractivity contribution >= 4 is 5.78 Å². The maximum atomic E-state index is 12.5. The van der Waals surface area contributed by atoms with Gasteiger partial charge in [-0.15, -0.1) is 0 Å². The first-order chi connectivity index (χ1) is 9.29. The molecule has 2 heterocycles. The molecular formula is C15H16N2O2. The van der Waals surface area contributed by atoms with Gasteiger partial charge < -0.3 is 9.30 Å². The van der Waals surface area contributed by atoms with Crippen molar-refractivity contribution < 1.29 is 9.53 Å². The third-order valence-electron chi connectivity index (χ3n) is 3.53. The number of imidazole rings is 1. The van der Waals surface area contributed by atoms with Gasteiger partial charge in [-0.3, -0.25) is 4.79 Å². The number of Topliss-reactive ketones (excluding diaryl/α,β-unsaturated/α-hetero) is 1. The van der Waals surface area contributed by atoms with E-state index in [-0.39, 0.29) is 11.7 Å². The first-order valence-corrected chi connectivity index (χ1v) is 6.55. The van der Waals surface area contributed by atoms with Crippen LogP contribution in [0.1, 0.15) is 23.1 Å². The van der Waals surface area contributed by atoms with Crippen molar-refractivity contribution in [2.45, 2.75) is 19.9 Å². The van der Waals surface area contributed by atoms with E-state index in [2.05, 4.69) is 4.98 Å². The SMILES string of the molecule is CCn1ccnc1C(=O)C1COc2ccccc2C1. The molecular weight excluding hydrogens is 240 g/mol. The van der Waals surface area contributed by atoms with E-state index < -0.39 is 0 Å². The number of para-hydroxylation sites is 1. The zero-order valence-corrected chi connectivity index (χ0v) is 10.9. The van der Waals surface area contributed by atoms with Crippen LogP contribution in [0.25, 0.3) is 0 Å². The van der Waals surface area contributed by atoms with Gasteiger partial charge >= 0.3 is 0 Å². The van der Waals surface area contributed by atoms with E-state index >= 15 is 0 Å². The molecule has 0 spiro atoms. The van der Waals surface area contributed by atoms with Crippen LogP contribution < -0.4 is 4.74 Å². The van der Waals surface area contributed by atoms with E-state index in [9.17, 15) is 4.79 Å². The van der Waals surface area contributed by atoms with E-state index in [0.717, 1.165) is 24.3 Å². The summed E-state index contributed by atoms with van der Waals surface area (Å²) in [7, 11) is 0. The van der Waals surface area contributed by atoms with Crippen LogP contribution in [0.3, 0.4) is 0 Å². The van der Waals surface area contributed by atoms with Crippen molar-refractivity contribution in [1.82, 2.24) is 9.55 Å². The Bertz CT molecular complexity index is 604. The number of benzene rings is 1. The van der Waals surface area contributed by atoms with E-state index in [0.29, 0.717) is 12.4 Å². The van der Waals surface area contributed by atoms with Gasteiger partial charge in [-0.1, -0.05) is 18.2 Å². The molecule has 4 nitrogen and oxygen atoms in total. The Morgan fingerprint density at radius 2 is 2.32 bits per heavy atom. The maximum Gasteiger partial charge on any atom is 0.205 e. The maximum absolute atomic E-state index is 12.5. The Morgan fingerprint density at radius 1 is 1.47 bits per heavy atom. The lowest BCUT2D eigenvalue weighted by atomic mass is 9.93. The lowest BCUT2D eigenvalue weighted by Gasteiger charge is -2.24. The predicted molar refractivity (Wildman–Crippen MR) is 71.4 cm³/mol. The minimum Gasteiger partial charge on any atom is -0.493 e. The number of aromatic nitrogens is 2. The van der Waals surface area contributed by atoms with E-state index in [1.807, 2.05) is 42.0 Å². The third-order valence-corrected chi connectivity index (χ3v) is 3.53. The third kappa shape index (κ3) is 2.14. The van der Waals surface area contributed by atoms with E-state index in [1.54, 1.807) is 6.20 Å². The summed E-state index contributed by atoms with van der Waals surface area (Å²) in [6.07, 6.45) is 4.24. The van der Waals surface area contributed by atoms with Crippen LogP contribution in [0, 0.1) is 5.92 Å². The first kappa shape index (κ1) is 12.0. The van der Waals surface area contributed by atoms with Crippen molar-refractivity contribution in [3.63, 3.8) is 0 Å². The summed E-state index contributed by atoms with van der Waals surface area (Å²) in [6, 6.07) is 7.89. The van der Waals surface area contributed by atoms with Gasteiger partial charge in [-0.05, 0) is 25.0 Å². The second-order valence-corrected chi connectivity index (χ2v) is 4.72. The Hall–Kier alpha value is -2.10. The fourth-order valence-corrected chi connectivity index (χ4v) is 2.47. The van der Waals surface area contributed by atoms with Gasteiger partial charge in [0, 0.05) is 18.9 Å². The number of ketones is 1. The molecule has 1 atom stereocenters. The quantitative estimate of drug-likeness (QED) is 0.792. The van der Waals surface area contributed by atoms with Crippen molar-refractivity contribution in [3.05, 3.63) is 48.0 Å². The standard InChI is InChI=1S/C15H16N2O2/c1-2-17-8-7-16-15(17)14(18)12-9-11-5-3-4-6-13(11)19-10-12/h3-8,12H,2,9-10H2,1H3. The number of hydrogen-bond donors (Lipinski definition) is 0. The first-order valence-electron chi connectivity index (χ1n) is 6.55. The smallest absolute Gasteiger partial charge is 0.205 e. The molecule has 19 heavy (non-hydrogen) atoms. The molecule has 0 fully saturated rings. The Morgan fingerprint density at radius 3 is 3.16 bits per heavy atom. The van der Waals surface area contributed by atoms with Crippen LogP contribution in [0.5, 0.6) is 5.75 Å². The lowest BCUT2D eigenvalue weighted by Crippen LogP contribution is -2.30. The summed E-state index contributed by atoms with van der Waals surface area (Å²) in [6.45, 7) is 3.20. The Labute approximate surface area is 112 Å². The highest BCUT2D eigenvalue weighted by molar-refractivity contribution is 5.95. The largest absolute Gasteiger partial charge is 0.493 e. The zero-order chi connectivity index (χ0) is 13.2. The number of carbonyl (C=O) groups is 1. The Kier molecular flexibility index (Phi) is 3.07. The van der Waals surface area contributed by atoms with Gasteiger partial charge in [0.25, 0.3) is 0 Å².